The zero-order valence-corrected chi connectivity index (χ0v) is 10.4. The number of pyridine rings is 1. The van der Waals surface area contributed by atoms with Crippen molar-refractivity contribution in [1.82, 2.24) is 15.6 Å². The zero-order chi connectivity index (χ0) is 12.8. The van der Waals surface area contributed by atoms with E-state index < -0.39 is 0 Å². The molecule has 2 N–H and O–H groups in total. The molecular formula is C13H15N3O3. The lowest BCUT2D eigenvalue weighted by molar-refractivity contribution is 0.0923. The number of hydrogen-bond donors (Lipinski definition) is 2. The smallest absolute Gasteiger partial charge is 0.270 e. The Morgan fingerprint density at radius 1 is 1.37 bits per heavy atom. The van der Waals surface area contributed by atoms with Crippen LogP contribution in [0.15, 0.2) is 12.3 Å². The van der Waals surface area contributed by atoms with Gasteiger partial charge in [-0.25, -0.2) is 4.98 Å². The van der Waals surface area contributed by atoms with Gasteiger partial charge in [0, 0.05) is 18.2 Å². The summed E-state index contributed by atoms with van der Waals surface area (Å²) in [6.07, 6.45) is 3.77. The van der Waals surface area contributed by atoms with E-state index in [-0.39, 0.29) is 18.7 Å². The van der Waals surface area contributed by atoms with Crippen LogP contribution in [0.2, 0.25) is 0 Å². The zero-order valence-electron chi connectivity index (χ0n) is 10.4. The summed E-state index contributed by atoms with van der Waals surface area (Å²) in [5, 5.41) is 6.48. The number of nitrogens with one attached hydrogen (secondary N) is 2. The van der Waals surface area contributed by atoms with Gasteiger partial charge in [-0.15, -0.1) is 0 Å². The van der Waals surface area contributed by atoms with Gasteiger partial charge in [0.25, 0.3) is 5.91 Å². The molecule has 0 radical (unpaired) electrons. The van der Waals surface area contributed by atoms with Crippen LogP contribution in [-0.2, 0) is 0 Å². The first-order valence-electron chi connectivity index (χ1n) is 6.59. The van der Waals surface area contributed by atoms with E-state index in [1.54, 1.807) is 6.07 Å². The van der Waals surface area contributed by atoms with E-state index >= 15 is 0 Å². The molecule has 1 aromatic heterocycles. The Morgan fingerprint density at radius 3 is 3.05 bits per heavy atom. The van der Waals surface area contributed by atoms with E-state index in [0.717, 1.165) is 13.0 Å². The molecule has 3 aliphatic rings. The van der Waals surface area contributed by atoms with Gasteiger partial charge in [0.05, 0.1) is 6.20 Å². The molecule has 1 amide bonds. The van der Waals surface area contributed by atoms with Gasteiger partial charge in [-0.2, -0.15) is 0 Å². The molecule has 3 unspecified atom stereocenters. The quantitative estimate of drug-likeness (QED) is 0.800. The summed E-state index contributed by atoms with van der Waals surface area (Å²) in [4.78, 5) is 16.3. The number of aromatic nitrogens is 1. The van der Waals surface area contributed by atoms with E-state index in [1.165, 1.54) is 12.6 Å². The fourth-order valence-corrected chi connectivity index (χ4v) is 3.18. The van der Waals surface area contributed by atoms with Crippen molar-refractivity contribution in [1.29, 1.82) is 0 Å². The second kappa shape index (κ2) is 4.09. The number of amides is 1. The average Bonchev–Trinajstić information content (AvgIpc) is 3.13. The summed E-state index contributed by atoms with van der Waals surface area (Å²) in [6, 6.07) is 2.28. The number of hydrogen-bond acceptors (Lipinski definition) is 5. The summed E-state index contributed by atoms with van der Waals surface area (Å²) in [5.41, 5.74) is 0.382. The second-order valence-electron chi connectivity index (χ2n) is 5.35. The number of rotatable bonds is 2. The van der Waals surface area contributed by atoms with Gasteiger partial charge >= 0.3 is 0 Å². The Hall–Kier alpha value is -1.82. The molecule has 6 nitrogen and oxygen atoms in total. The molecule has 2 bridgehead atoms. The predicted molar refractivity (Wildman–Crippen MR) is 66.1 cm³/mol. The first-order valence-corrected chi connectivity index (χ1v) is 6.59. The molecule has 1 saturated carbocycles. The van der Waals surface area contributed by atoms with Crippen LogP contribution >= 0.6 is 0 Å². The molecule has 4 rings (SSSR count). The third-order valence-electron chi connectivity index (χ3n) is 4.14. The van der Waals surface area contributed by atoms with E-state index in [4.69, 9.17) is 9.47 Å². The maximum Gasteiger partial charge on any atom is 0.270 e. The summed E-state index contributed by atoms with van der Waals surface area (Å²) in [5.74, 6) is 1.75. The molecule has 19 heavy (non-hydrogen) atoms. The summed E-state index contributed by atoms with van der Waals surface area (Å²) < 4.78 is 10.4. The lowest BCUT2D eigenvalue weighted by Crippen LogP contribution is -2.48. The van der Waals surface area contributed by atoms with Crippen LogP contribution in [0, 0.1) is 5.92 Å². The Morgan fingerprint density at radius 2 is 2.26 bits per heavy atom. The Balaban J connectivity index is 1.48. The monoisotopic (exact) mass is 261 g/mol. The molecule has 3 atom stereocenters. The first kappa shape index (κ1) is 11.0. The molecule has 2 fully saturated rings. The number of fused-ring (bicyclic) bond motifs is 3. The number of carbonyl (C=O) groups excluding carboxylic acids is 1. The lowest BCUT2D eigenvalue weighted by atomic mass is 10.1. The highest BCUT2D eigenvalue weighted by molar-refractivity contribution is 5.93. The topological polar surface area (TPSA) is 72.5 Å². The van der Waals surface area contributed by atoms with Crippen molar-refractivity contribution in [3.63, 3.8) is 0 Å². The van der Waals surface area contributed by atoms with Gasteiger partial charge in [0.15, 0.2) is 11.5 Å². The molecule has 100 valence electrons. The normalized spacial score (nSPS) is 30.6. The van der Waals surface area contributed by atoms with Crippen molar-refractivity contribution in [2.75, 3.05) is 13.3 Å². The molecule has 1 aromatic rings. The van der Waals surface area contributed by atoms with Gasteiger partial charge in [-0.1, -0.05) is 0 Å². The summed E-state index contributed by atoms with van der Waals surface area (Å²) >= 11 is 0. The van der Waals surface area contributed by atoms with Crippen molar-refractivity contribution >= 4 is 5.91 Å². The summed E-state index contributed by atoms with van der Waals surface area (Å²) in [6.45, 7) is 1.28. The van der Waals surface area contributed by atoms with Crippen LogP contribution in [0.5, 0.6) is 11.5 Å². The maximum atomic E-state index is 12.2. The van der Waals surface area contributed by atoms with Crippen molar-refractivity contribution in [2.45, 2.75) is 24.9 Å². The number of carbonyl (C=O) groups is 1. The van der Waals surface area contributed by atoms with Crippen LogP contribution in [0.25, 0.3) is 0 Å². The molecule has 0 aromatic carbocycles. The Kier molecular flexibility index (Phi) is 2.38. The Labute approximate surface area is 110 Å². The van der Waals surface area contributed by atoms with E-state index in [9.17, 15) is 4.79 Å². The van der Waals surface area contributed by atoms with Crippen LogP contribution in [0.3, 0.4) is 0 Å². The second-order valence-corrected chi connectivity index (χ2v) is 5.35. The van der Waals surface area contributed by atoms with Crippen LogP contribution < -0.4 is 20.1 Å². The van der Waals surface area contributed by atoms with Crippen molar-refractivity contribution in [3.8, 4) is 11.5 Å². The molecule has 3 heterocycles. The molecule has 2 aliphatic heterocycles. The van der Waals surface area contributed by atoms with Gasteiger partial charge in [0.1, 0.15) is 5.69 Å². The number of piperidine rings is 1. The molecular weight excluding hydrogens is 246 g/mol. The highest BCUT2D eigenvalue weighted by atomic mass is 16.7. The Bertz CT molecular complexity index is 534. The van der Waals surface area contributed by atoms with Gasteiger partial charge < -0.3 is 20.1 Å². The first-order chi connectivity index (χ1) is 9.29. The van der Waals surface area contributed by atoms with Crippen LogP contribution in [0.1, 0.15) is 23.3 Å². The predicted octanol–water partition coefficient (Wildman–Crippen LogP) is 0.290. The minimum atomic E-state index is -0.141. The largest absolute Gasteiger partial charge is 0.453 e. The minimum absolute atomic E-state index is 0.141. The summed E-state index contributed by atoms with van der Waals surface area (Å²) in [7, 11) is 0. The lowest BCUT2D eigenvalue weighted by Gasteiger charge is -2.23. The van der Waals surface area contributed by atoms with Crippen LogP contribution in [0.4, 0.5) is 0 Å². The highest BCUT2D eigenvalue weighted by Crippen LogP contribution is 2.32. The fraction of sp³-hybridized carbons (Fsp3) is 0.538. The van der Waals surface area contributed by atoms with Crippen molar-refractivity contribution < 1.29 is 14.3 Å². The fourth-order valence-electron chi connectivity index (χ4n) is 3.18. The van der Waals surface area contributed by atoms with E-state index in [1.807, 2.05) is 0 Å². The number of nitrogens with zero attached hydrogens (tertiary/aromatic N) is 1. The molecule has 6 heteroatoms. The minimum Gasteiger partial charge on any atom is -0.453 e. The van der Waals surface area contributed by atoms with Crippen LogP contribution in [-0.4, -0.2) is 36.3 Å². The standard InChI is InChI=1S/C13H15N3O3/c17-13(16-9-2-7-1-8(9)14-4-7)10-3-11-12(5-15-10)19-6-18-11/h3,5,7-9,14H,1-2,4,6H2,(H,16,17). The van der Waals surface area contributed by atoms with Gasteiger partial charge in [-0.05, 0) is 25.3 Å². The van der Waals surface area contributed by atoms with Crippen molar-refractivity contribution in [3.05, 3.63) is 18.0 Å². The SMILES string of the molecule is O=C(NC1CC2CNC1C2)c1cc2c(cn1)OCO2. The maximum absolute atomic E-state index is 12.2. The van der Waals surface area contributed by atoms with Gasteiger partial charge in [0.2, 0.25) is 6.79 Å². The number of ether oxygens (including phenoxy) is 2. The molecule has 1 aliphatic carbocycles. The highest BCUT2D eigenvalue weighted by Gasteiger charge is 2.40. The third kappa shape index (κ3) is 1.83. The van der Waals surface area contributed by atoms with E-state index in [2.05, 4.69) is 15.6 Å². The third-order valence-corrected chi connectivity index (χ3v) is 4.14. The van der Waals surface area contributed by atoms with E-state index in [0.29, 0.717) is 29.2 Å². The van der Waals surface area contributed by atoms with Gasteiger partial charge in [-0.3, -0.25) is 4.79 Å². The molecule has 1 saturated heterocycles. The van der Waals surface area contributed by atoms with Crippen molar-refractivity contribution in [2.24, 2.45) is 5.92 Å². The molecule has 0 spiro atoms. The average molecular weight is 261 g/mol.